The molecule has 43 heavy (non-hydrogen) atoms. The quantitative estimate of drug-likeness (QED) is 0.267. The molecule has 220 valence electrons. The Kier molecular flexibility index (Phi) is 7.63. The lowest BCUT2D eigenvalue weighted by Crippen LogP contribution is -2.50. The number of hydrogen-bond donors (Lipinski definition) is 1. The van der Waals surface area contributed by atoms with E-state index < -0.39 is 0 Å². The highest BCUT2D eigenvalue weighted by Crippen LogP contribution is 2.36. The molecule has 2 aromatic heterocycles. The summed E-state index contributed by atoms with van der Waals surface area (Å²) < 4.78 is 2.02. The Labute approximate surface area is 252 Å². The number of nitrogens with zero attached hydrogens (tertiary/aromatic N) is 6. The Morgan fingerprint density at radius 2 is 1.40 bits per heavy atom. The summed E-state index contributed by atoms with van der Waals surface area (Å²) in [7, 11) is 0. The van der Waals surface area contributed by atoms with E-state index in [2.05, 4.69) is 123 Å². The minimum atomic E-state index is -0.335. The maximum absolute atomic E-state index is 13.8. The largest absolute Gasteiger partial charge is 0.322 e. The predicted molar refractivity (Wildman–Crippen MR) is 169 cm³/mol. The second kappa shape index (κ2) is 11.9. The van der Waals surface area contributed by atoms with Crippen LogP contribution in [-0.2, 0) is 0 Å². The van der Waals surface area contributed by atoms with E-state index in [0.717, 1.165) is 66.9 Å². The Hall–Kier alpha value is -4.14. The number of nitrogens with one attached hydrogen (secondary N) is 1. The summed E-state index contributed by atoms with van der Waals surface area (Å²) in [5, 5.41) is 14.3. The topological polar surface area (TPSA) is 82.9 Å². The molecule has 0 spiro atoms. The fourth-order valence-electron chi connectivity index (χ4n) is 7.32. The van der Waals surface area contributed by atoms with Gasteiger partial charge in [0, 0.05) is 42.6 Å². The Morgan fingerprint density at radius 1 is 0.791 bits per heavy atom. The van der Waals surface area contributed by atoms with Crippen LogP contribution in [-0.4, -0.2) is 61.2 Å². The molecule has 1 saturated carbocycles. The first-order valence-corrected chi connectivity index (χ1v) is 15.6. The van der Waals surface area contributed by atoms with E-state index >= 15 is 0 Å². The number of tetrazole rings is 1. The zero-order valence-electron chi connectivity index (χ0n) is 25.0. The molecule has 5 aromatic rings. The molecule has 1 saturated heterocycles. The van der Waals surface area contributed by atoms with Crippen LogP contribution in [0.1, 0.15) is 77.5 Å². The zero-order valence-corrected chi connectivity index (χ0v) is 25.0. The average molecular weight is 574 g/mol. The summed E-state index contributed by atoms with van der Waals surface area (Å²) in [6.45, 7) is 7.49. The number of rotatable bonds is 7. The van der Waals surface area contributed by atoms with Gasteiger partial charge in [-0.05, 0) is 71.5 Å². The molecule has 1 aliphatic carbocycles. The molecule has 1 N–H and O–H groups in total. The van der Waals surface area contributed by atoms with E-state index in [1.165, 1.54) is 24.0 Å². The Balaban J connectivity index is 1.26. The van der Waals surface area contributed by atoms with Crippen molar-refractivity contribution in [3.8, 4) is 0 Å². The van der Waals surface area contributed by atoms with Crippen molar-refractivity contribution in [3.05, 3.63) is 123 Å². The van der Waals surface area contributed by atoms with Gasteiger partial charge < -0.3 is 4.98 Å². The SMILES string of the molecule is Cc1cc(C)c2cc([C@@H](c3nnnn3C3CCCC3)N3CCN(C(c4ccccc4)c4ccccc4)CC3)c(=O)[nH]c2c1. The van der Waals surface area contributed by atoms with E-state index in [9.17, 15) is 4.79 Å². The monoisotopic (exact) mass is 573 g/mol. The van der Waals surface area contributed by atoms with Crippen molar-refractivity contribution in [1.29, 1.82) is 0 Å². The summed E-state index contributed by atoms with van der Waals surface area (Å²) in [6, 6.07) is 28.0. The van der Waals surface area contributed by atoms with E-state index in [1.807, 2.05) is 4.68 Å². The second-order valence-corrected chi connectivity index (χ2v) is 12.2. The lowest BCUT2D eigenvalue weighted by atomic mass is 9.95. The van der Waals surface area contributed by atoms with E-state index in [0.29, 0.717) is 5.56 Å². The van der Waals surface area contributed by atoms with Gasteiger partial charge in [-0.15, -0.1) is 5.10 Å². The van der Waals surface area contributed by atoms with Crippen LogP contribution in [0.4, 0.5) is 0 Å². The fourth-order valence-corrected chi connectivity index (χ4v) is 7.32. The molecular formula is C35H39N7O. The first kappa shape index (κ1) is 27.7. The molecule has 2 fully saturated rings. The van der Waals surface area contributed by atoms with Crippen LogP contribution in [0.5, 0.6) is 0 Å². The molecule has 0 amide bonds. The van der Waals surface area contributed by atoms with Gasteiger partial charge >= 0.3 is 0 Å². The van der Waals surface area contributed by atoms with Gasteiger partial charge in [0.25, 0.3) is 5.56 Å². The molecule has 8 nitrogen and oxygen atoms in total. The highest BCUT2D eigenvalue weighted by molar-refractivity contribution is 5.83. The minimum absolute atomic E-state index is 0.0719. The van der Waals surface area contributed by atoms with Crippen LogP contribution >= 0.6 is 0 Å². The van der Waals surface area contributed by atoms with Crippen molar-refractivity contribution in [3.63, 3.8) is 0 Å². The van der Waals surface area contributed by atoms with Gasteiger partial charge in [0.15, 0.2) is 5.82 Å². The number of aromatic nitrogens is 5. The molecule has 1 atom stereocenters. The summed E-state index contributed by atoms with van der Waals surface area (Å²) in [5.41, 5.74) is 6.39. The Bertz CT molecular complexity index is 1710. The summed E-state index contributed by atoms with van der Waals surface area (Å²) in [6.07, 6.45) is 4.51. The standard InChI is InChI=1S/C35H39N7O/c1-24-21-25(2)29-23-30(35(43)36-31(29)22-24)33(34-37-38-39-42(34)28-15-9-10-16-28)41-19-17-40(18-20-41)32(26-11-5-3-6-12-26)27-13-7-4-8-14-27/h3-8,11-14,21-23,28,32-33H,9-10,15-20H2,1-2H3,(H,36,43)/t33-/m0/s1. The fraction of sp³-hybridized carbons (Fsp3) is 0.371. The summed E-state index contributed by atoms with van der Waals surface area (Å²) in [5.74, 6) is 0.776. The molecule has 0 bridgehead atoms. The zero-order chi connectivity index (χ0) is 29.3. The highest BCUT2D eigenvalue weighted by atomic mass is 16.1. The summed E-state index contributed by atoms with van der Waals surface area (Å²) in [4.78, 5) is 22.0. The normalized spacial score (nSPS) is 17.7. The third kappa shape index (κ3) is 5.41. The van der Waals surface area contributed by atoms with Crippen molar-refractivity contribution in [2.45, 2.75) is 57.7 Å². The number of benzene rings is 3. The van der Waals surface area contributed by atoms with Gasteiger partial charge in [0.2, 0.25) is 0 Å². The van der Waals surface area contributed by atoms with Crippen molar-refractivity contribution in [2.75, 3.05) is 26.2 Å². The summed E-state index contributed by atoms with van der Waals surface area (Å²) >= 11 is 0. The first-order valence-electron chi connectivity index (χ1n) is 15.6. The minimum Gasteiger partial charge on any atom is -0.322 e. The Morgan fingerprint density at radius 3 is 2.02 bits per heavy atom. The molecule has 8 heteroatoms. The van der Waals surface area contributed by atoms with Crippen molar-refractivity contribution < 1.29 is 0 Å². The van der Waals surface area contributed by atoms with Gasteiger partial charge in [0.1, 0.15) is 6.04 Å². The molecule has 1 aliphatic heterocycles. The second-order valence-electron chi connectivity index (χ2n) is 12.2. The molecule has 3 aromatic carbocycles. The number of aromatic amines is 1. The van der Waals surface area contributed by atoms with E-state index in [1.54, 1.807) is 0 Å². The van der Waals surface area contributed by atoms with Crippen LogP contribution in [0.15, 0.2) is 83.7 Å². The van der Waals surface area contributed by atoms with Crippen LogP contribution in [0.2, 0.25) is 0 Å². The lowest BCUT2D eigenvalue weighted by Gasteiger charge is -2.42. The molecule has 0 radical (unpaired) electrons. The van der Waals surface area contributed by atoms with Crippen LogP contribution < -0.4 is 5.56 Å². The smallest absolute Gasteiger partial charge is 0.253 e. The number of H-pyrrole nitrogens is 1. The number of fused-ring (bicyclic) bond motifs is 1. The molecular weight excluding hydrogens is 534 g/mol. The van der Waals surface area contributed by atoms with Crippen LogP contribution in [0.25, 0.3) is 10.9 Å². The molecule has 0 unspecified atom stereocenters. The first-order chi connectivity index (χ1) is 21.1. The van der Waals surface area contributed by atoms with E-state index in [-0.39, 0.29) is 23.7 Å². The number of hydrogen-bond acceptors (Lipinski definition) is 6. The predicted octanol–water partition coefficient (Wildman–Crippen LogP) is 5.74. The van der Waals surface area contributed by atoms with Crippen LogP contribution in [0.3, 0.4) is 0 Å². The third-order valence-electron chi connectivity index (χ3n) is 9.38. The van der Waals surface area contributed by atoms with Crippen molar-refractivity contribution in [2.24, 2.45) is 0 Å². The highest BCUT2D eigenvalue weighted by Gasteiger charge is 2.36. The van der Waals surface area contributed by atoms with Crippen molar-refractivity contribution in [1.82, 2.24) is 35.0 Å². The van der Waals surface area contributed by atoms with E-state index in [4.69, 9.17) is 0 Å². The molecule has 7 rings (SSSR count). The van der Waals surface area contributed by atoms with Crippen molar-refractivity contribution >= 4 is 10.9 Å². The number of piperazine rings is 1. The third-order valence-corrected chi connectivity index (χ3v) is 9.38. The van der Waals surface area contributed by atoms with Gasteiger partial charge in [-0.25, -0.2) is 4.68 Å². The van der Waals surface area contributed by atoms with Crippen LogP contribution in [0, 0.1) is 13.8 Å². The molecule has 3 heterocycles. The molecule has 2 aliphatic rings. The average Bonchev–Trinajstić information content (AvgIpc) is 3.73. The maximum atomic E-state index is 13.8. The lowest BCUT2D eigenvalue weighted by molar-refractivity contribution is 0.0850. The van der Waals surface area contributed by atoms with Gasteiger partial charge in [0.05, 0.1) is 12.1 Å². The number of aryl methyl sites for hydroxylation is 2. The number of pyridine rings is 1. The van der Waals surface area contributed by atoms with Gasteiger partial charge in [-0.3, -0.25) is 14.6 Å². The van der Waals surface area contributed by atoms with Gasteiger partial charge in [-0.2, -0.15) is 0 Å². The maximum Gasteiger partial charge on any atom is 0.253 e. The van der Waals surface area contributed by atoms with Gasteiger partial charge in [-0.1, -0.05) is 79.6 Å².